The molecule has 0 spiro atoms. The summed E-state index contributed by atoms with van der Waals surface area (Å²) in [5, 5.41) is 3.28. The van der Waals surface area contributed by atoms with Gasteiger partial charge in [0, 0.05) is 24.2 Å². The Morgan fingerprint density at radius 3 is 2.78 bits per heavy atom. The van der Waals surface area contributed by atoms with Gasteiger partial charge in [0.25, 0.3) is 5.91 Å². The molecule has 18 heavy (non-hydrogen) atoms. The molecule has 0 fully saturated rings. The number of methoxy groups -OCH3 is 1. The van der Waals surface area contributed by atoms with E-state index in [0.29, 0.717) is 30.2 Å². The predicted molar refractivity (Wildman–Crippen MR) is 74.7 cm³/mol. The van der Waals surface area contributed by atoms with Crippen molar-refractivity contribution in [3.8, 4) is 0 Å². The molecule has 0 aliphatic heterocycles. The summed E-state index contributed by atoms with van der Waals surface area (Å²) in [6, 6.07) is 5.26. The Morgan fingerprint density at radius 1 is 1.44 bits per heavy atom. The number of halogens is 2. The Labute approximate surface area is 117 Å². The van der Waals surface area contributed by atoms with Crippen LogP contribution in [0.25, 0.3) is 0 Å². The molecule has 3 nitrogen and oxygen atoms in total. The molecule has 0 saturated carbocycles. The second kappa shape index (κ2) is 7.62. The molecular weight excluding hydrogens is 273 g/mol. The molecule has 0 saturated heterocycles. The van der Waals surface area contributed by atoms with E-state index in [2.05, 4.69) is 5.32 Å². The van der Waals surface area contributed by atoms with Crippen molar-refractivity contribution in [2.24, 2.45) is 0 Å². The maximum atomic E-state index is 11.8. The maximum absolute atomic E-state index is 11.8. The zero-order chi connectivity index (χ0) is 13.5. The molecule has 1 aromatic rings. The first kappa shape index (κ1) is 15.3. The zero-order valence-electron chi connectivity index (χ0n) is 10.5. The minimum Gasteiger partial charge on any atom is -0.383 e. The maximum Gasteiger partial charge on any atom is 0.251 e. The van der Waals surface area contributed by atoms with Crippen LogP contribution in [0.2, 0.25) is 5.02 Å². The van der Waals surface area contributed by atoms with Gasteiger partial charge < -0.3 is 10.1 Å². The molecular formula is C13H17Cl2NO2. The largest absolute Gasteiger partial charge is 0.383 e. The highest BCUT2D eigenvalue weighted by atomic mass is 35.5. The third kappa shape index (κ3) is 5.25. The number of rotatable bonds is 6. The van der Waals surface area contributed by atoms with Gasteiger partial charge in [-0.3, -0.25) is 4.79 Å². The van der Waals surface area contributed by atoms with Crippen LogP contribution in [0.5, 0.6) is 0 Å². The minimum absolute atomic E-state index is 0.0867. The second-order valence-electron chi connectivity index (χ2n) is 4.11. The number of ether oxygens (including phenoxy) is 1. The molecule has 1 N–H and O–H groups in total. The number of alkyl halides is 1. The van der Waals surface area contributed by atoms with Crippen LogP contribution in [-0.2, 0) is 4.74 Å². The third-order valence-corrected chi connectivity index (χ3v) is 2.96. The van der Waals surface area contributed by atoms with Crippen LogP contribution in [0.4, 0.5) is 0 Å². The minimum atomic E-state index is -0.137. The van der Waals surface area contributed by atoms with Gasteiger partial charge in [-0.15, -0.1) is 11.6 Å². The number of amides is 1. The number of carbonyl (C=O) groups is 1. The summed E-state index contributed by atoms with van der Waals surface area (Å²) in [4.78, 5) is 11.8. The fourth-order valence-electron chi connectivity index (χ4n) is 1.58. The van der Waals surface area contributed by atoms with E-state index >= 15 is 0 Å². The van der Waals surface area contributed by atoms with Gasteiger partial charge in [-0.2, -0.15) is 0 Å². The van der Waals surface area contributed by atoms with Gasteiger partial charge in [-0.1, -0.05) is 11.6 Å². The number of benzene rings is 1. The molecule has 0 heterocycles. The van der Waals surface area contributed by atoms with Crippen LogP contribution in [0.1, 0.15) is 22.3 Å². The number of nitrogens with one attached hydrogen (secondary N) is 1. The Morgan fingerprint density at radius 2 is 2.17 bits per heavy atom. The standard InChI is InChI=1S/C13H17Cl2NO2/c1-9-5-10(7-12(15)6-9)13(17)16-4-3-11(14)8-18-2/h5-7,11H,3-4,8H2,1-2H3,(H,16,17). The summed E-state index contributed by atoms with van der Waals surface area (Å²) in [5.74, 6) is -0.137. The van der Waals surface area contributed by atoms with E-state index in [9.17, 15) is 4.79 Å². The topological polar surface area (TPSA) is 38.3 Å². The SMILES string of the molecule is COCC(Cl)CCNC(=O)c1cc(C)cc(Cl)c1. The van der Waals surface area contributed by atoms with E-state index in [1.165, 1.54) is 0 Å². The summed E-state index contributed by atoms with van der Waals surface area (Å²) in [6.07, 6.45) is 0.667. The lowest BCUT2D eigenvalue weighted by Gasteiger charge is -2.09. The normalized spacial score (nSPS) is 12.2. The summed E-state index contributed by atoms with van der Waals surface area (Å²) >= 11 is 11.9. The fourth-order valence-corrected chi connectivity index (χ4v) is 2.10. The lowest BCUT2D eigenvalue weighted by molar-refractivity contribution is 0.0951. The van der Waals surface area contributed by atoms with Gasteiger partial charge in [0.05, 0.1) is 12.0 Å². The highest BCUT2D eigenvalue weighted by Gasteiger charge is 2.08. The molecule has 0 aliphatic carbocycles. The Hall–Kier alpha value is -0.770. The van der Waals surface area contributed by atoms with Crippen LogP contribution >= 0.6 is 23.2 Å². The fraction of sp³-hybridized carbons (Fsp3) is 0.462. The summed E-state index contributed by atoms with van der Waals surface area (Å²) in [7, 11) is 1.60. The molecule has 1 aromatic carbocycles. The van der Waals surface area contributed by atoms with Crippen molar-refractivity contribution in [1.29, 1.82) is 0 Å². The molecule has 0 radical (unpaired) electrons. The lowest BCUT2D eigenvalue weighted by Crippen LogP contribution is -2.27. The monoisotopic (exact) mass is 289 g/mol. The molecule has 1 rings (SSSR count). The summed E-state index contributed by atoms with van der Waals surface area (Å²) < 4.78 is 4.92. The van der Waals surface area contributed by atoms with Gasteiger partial charge in [0.2, 0.25) is 0 Å². The number of carbonyl (C=O) groups excluding carboxylic acids is 1. The quantitative estimate of drug-likeness (QED) is 0.818. The van der Waals surface area contributed by atoms with Crippen molar-refractivity contribution in [2.75, 3.05) is 20.3 Å². The lowest BCUT2D eigenvalue weighted by atomic mass is 10.1. The first-order valence-electron chi connectivity index (χ1n) is 5.71. The van der Waals surface area contributed by atoms with Gasteiger partial charge in [0.1, 0.15) is 0 Å². The molecule has 100 valence electrons. The van der Waals surface area contributed by atoms with Crippen molar-refractivity contribution in [1.82, 2.24) is 5.32 Å². The van der Waals surface area contributed by atoms with E-state index in [-0.39, 0.29) is 11.3 Å². The summed E-state index contributed by atoms with van der Waals surface area (Å²) in [6.45, 7) is 2.89. The Kier molecular flexibility index (Phi) is 6.47. The van der Waals surface area contributed by atoms with Crippen LogP contribution in [-0.4, -0.2) is 31.5 Å². The molecule has 1 unspecified atom stereocenters. The van der Waals surface area contributed by atoms with Crippen molar-refractivity contribution in [3.63, 3.8) is 0 Å². The van der Waals surface area contributed by atoms with Crippen LogP contribution in [0, 0.1) is 6.92 Å². The van der Waals surface area contributed by atoms with Crippen LogP contribution in [0.3, 0.4) is 0 Å². The first-order valence-corrected chi connectivity index (χ1v) is 6.52. The molecule has 0 aromatic heterocycles. The highest BCUT2D eigenvalue weighted by Crippen LogP contribution is 2.14. The van der Waals surface area contributed by atoms with E-state index in [0.717, 1.165) is 5.56 Å². The highest BCUT2D eigenvalue weighted by molar-refractivity contribution is 6.31. The average Bonchev–Trinajstić information content (AvgIpc) is 2.27. The summed E-state index contributed by atoms with van der Waals surface area (Å²) in [5.41, 5.74) is 1.53. The third-order valence-electron chi connectivity index (χ3n) is 2.39. The van der Waals surface area contributed by atoms with E-state index in [1.54, 1.807) is 19.2 Å². The predicted octanol–water partition coefficient (Wildman–Crippen LogP) is 3.02. The van der Waals surface area contributed by atoms with E-state index in [4.69, 9.17) is 27.9 Å². The Balaban J connectivity index is 2.45. The first-order chi connectivity index (χ1) is 8.52. The molecule has 0 bridgehead atoms. The second-order valence-corrected chi connectivity index (χ2v) is 5.17. The average molecular weight is 290 g/mol. The van der Waals surface area contributed by atoms with Gasteiger partial charge in [-0.05, 0) is 37.1 Å². The van der Waals surface area contributed by atoms with Crippen LogP contribution in [0.15, 0.2) is 18.2 Å². The van der Waals surface area contributed by atoms with E-state index < -0.39 is 0 Å². The smallest absolute Gasteiger partial charge is 0.251 e. The van der Waals surface area contributed by atoms with E-state index in [1.807, 2.05) is 13.0 Å². The molecule has 1 amide bonds. The van der Waals surface area contributed by atoms with Crippen LogP contribution < -0.4 is 5.32 Å². The van der Waals surface area contributed by atoms with Gasteiger partial charge in [-0.25, -0.2) is 0 Å². The van der Waals surface area contributed by atoms with Crippen molar-refractivity contribution < 1.29 is 9.53 Å². The number of aryl methyl sites for hydroxylation is 1. The Bertz CT molecular complexity index is 390. The van der Waals surface area contributed by atoms with Crippen molar-refractivity contribution >= 4 is 29.1 Å². The van der Waals surface area contributed by atoms with Crippen molar-refractivity contribution in [3.05, 3.63) is 34.3 Å². The molecule has 0 aliphatic rings. The van der Waals surface area contributed by atoms with Gasteiger partial charge >= 0.3 is 0 Å². The van der Waals surface area contributed by atoms with Gasteiger partial charge in [0.15, 0.2) is 0 Å². The van der Waals surface area contributed by atoms with Crippen molar-refractivity contribution in [2.45, 2.75) is 18.7 Å². The molecule has 1 atom stereocenters. The number of hydrogen-bond acceptors (Lipinski definition) is 2. The number of hydrogen-bond donors (Lipinski definition) is 1. The zero-order valence-corrected chi connectivity index (χ0v) is 12.0. The molecule has 5 heteroatoms.